The first-order valence-corrected chi connectivity index (χ1v) is 20.1. The van der Waals surface area contributed by atoms with Crippen molar-refractivity contribution in [1.29, 1.82) is 0 Å². The van der Waals surface area contributed by atoms with E-state index in [1.165, 1.54) is 0 Å². The van der Waals surface area contributed by atoms with Crippen molar-refractivity contribution in [1.82, 2.24) is 31.5 Å². The van der Waals surface area contributed by atoms with Gasteiger partial charge in [0.1, 0.15) is 0 Å². The maximum Gasteiger partial charge on any atom is 0.169 e. The predicted octanol–water partition coefficient (Wildman–Crippen LogP) is -1.60. The number of rotatable bonds is 12. The van der Waals surface area contributed by atoms with Gasteiger partial charge in [0.25, 0.3) is 0 Å². The van der Waals surface area contributed by atoms with Gasteiger partial charge in [-0.2, -0.15) is 0 Å². The van der Waals surface area contributed by atoms with Gasteiger partial charge in [-0.05, 0) is 73.7 Å². The third kappa shape index (κ3) is 12.0. The van der Waals surface area contributed by atoms with Gasteiger partial charge in [-0.1, -0.05) is 0 Å². The van der Waals surface area contributed by atoms with E-state index < -0.39 is 29.5 Å². The molecule has 3 fully saturated rings. The van der Waals surface area contributed by atoms with Gasteiger partial charge in [0, 0.05) is 45.8 Å². The zero-order valence-electron chi connectivity index (χ0n) is 22.4. The molecular formula is C22H40N6O6S6. The van der Waals surface area contributed by atoms with Gasteiger partial charge < -0.3 is 31.5 Å². The maximum absolute atomic E-state index is 11.8. The highest BCUT2D eigenvalue weighted by Gasteiger charge is 2.29. The summed E-state index contributed by atoms with van der Waals surface area (Å²) in [4.78, 5) is 1.94. The Morgan fingerprint density at radius 3 is 1.25 bits per heavy atom. The summed E-state index contributed by atoms with van der Waals surface area (Å²) < 4.78 is 70.1. The highest BCUT2D eigenvalue weighted by Crippen LogP contribution is 2.18. The zero-order valence-corrected chi connectivity index (χ0v) is 27.3. The molecule has 3 rings (SSSR count). The number of hydrogen-bond acceptors (Lipinski definition) is 9. The van der Waals surface area contributed by atoms with E-state index in [1.807, 2.05) is 4.90 Å². The Bertz CT molecular complexity index is 1180. The molecule has 18 heteroatoms. The second-order valence-corrected chi connectivity index (χ2v) is 18.6. The summed E-state index contributed by atoms with van der Waals surface area (Å²) in [7, 11) is -8.85. The van der Waals surface area contributed by atoms with Gasteiger partial charge in [0.2, 0.25) is 0 Å². The van der Waals surface area contributed by atoms with Crippen molar-refractivity contribution in [3.8, 4) is 0 Å². The molecule has 3 aliphatic heterocycles. The fourth-order valence-corrected chi connectivity index (χ4v) is 11.2. The molecule has 0 aliphatic carbocycles. The molecule has 230 valence electrons. The number of nitrogens with one attached hydrogen (secondary N) is 5. The lowest BCUT2D eigenvalue weighted by Crippen LogP contribution is -2.49. The van der Waals surface area contributed by atoms with Gasteiger partial charge in [0.05, 0.1) is 34.5 Å². The molecular weight excluding hydrogens is 637 g/mol. The minimum Gasteiger partial charge on any atom is -0.362 e. The molecule has 0 aromatic carbocycles. The SMILES string of the molecule is O=S1(=O)CCC(CNC(=S)NCCN(CCNC(=S)NCC2CCS(=O)(=O)C2)C(=S)NCC2CCS(=O)(=O)C2)C1. The first-order chi connectivity index (χ1) is 18.7. The lowest BCUT2D eigenvalue weighted by molar-refractivity contribution is 0.411. The van der Waals surface area contributed by atoms with E-state index in [9.17, 15) is 25.3 Å². The van der Waals surface area contributed by atoms with Crippen LogP contribution >= 0.6 is 36.7 Å². The maximum atomic E-state index is 11.8. The Morgan fingerprint density at radius 1 is 0.575 bits per heavy atom. The summed E-state index contributed by atoms with van der Waals surface area (Å²) in [6, 6.07) is 0. The summed E-state index contributed by atoms with van der Waals surface area (Å²) in [5.41, 5.74) is 0. The van der Waals surface area contributed by atoms with Crippen LogP contribution in [-0.2, 0) is 29.5 Å². The molecule has 0 aromatic heterocycles. The van der Waals surface area contributed by atoms with Gasteiger partial charge in [-0.15, -0.1) is 0 Å². The van der Waals surface area contributed by atoms with Gasteiger partial charge in [-0.25, -0.2) is 25.3 Å². The largest absolute Gasteiger partial charge is 0.362 e. The number of nitrogens with zero attached hydrogens (tertiary/aromatic N) is 1. The molecule has 5 N–H and O–H groups in total. The highest BCUT2D eigenvalue weighted by atomic mass is 32.2. The van der Waals surface area contributed by atoms with Gasteiger partial charge >= 0.3 is 0 Å². The number of hydrogen-bond donors (Lipinski definition) is 5. The summed E-state index contributed by atoms with van der Waals surface area (Å²) in [5, 5.41) is 17.0. The topological polar surface area (TPSA) is 166 Å². The van der Waals surface area contributed by atoms with Gasteiger partial charge in [-0.3, -0.25) is 0 Å². The van der Waals surface area contributed by atoms with Crippen LogP contribution in [0.25, 0.3) is 0 Å². The minimum atomic E-state index is -2.97. The second kappa shape index (κ2) is 14.9. The van der Waals surface area contributed by atoms with Crippen molar-refractivity contribution in [3.05, 3.63) is 0 Å². The van der Waals surface area contributed by atoms with Crippen molar-refractivity contribution < 1.29 is 25.3 Å². The summed E-state index contributed by atoms with van der Waals surface area (Å²) in [6.45, 7) is 3.46. The quantitative estimate of drug-likeness (QED) is 0.150. The van der Waals surface area contributed by atoms with E-state index in [0.29, 0.717) is 80.4 Å². The minimum absolute atomic E-state index is 0.0217. The van der Waals surface area contributed by atoms with Crippen LogP contribution in [0.15, 0.2) is 0 Å². The molecule has 3 atom stereocenters. The van der Waals surface area contributed by atoms with Crippen LogP contribution in [0.5, 0.6) is 0 Å². The Labute approximate surface area is 254 Å². The van der Waals surface area contributed by atoms with E-state index in [0.717, 1.165) is 0 Å². The van der Waals surface area contributed by atoms with Crippen LogP contribution in [0, 0.1) is 17.8 Å². The standard InChI is InChI=1S/C22H40N6O6S6/c29-38(30)8-1-17(14-38)11-25-20(35)23-4-6-28(22(37)27-13-19-3-10-40(33,34)16-19)7-5-24-21(36)26-12-18-2-9-39(31,32)15-18/h17-19H,1-16H2,(H,27,37)(H2,23,25,35)(H2,24,26,36). The molecule has 3 heterocycles. The van der Waals surface area contributed by atoms with Crippen LogP contribution in [0.1, 0.15) is 19.3 Å². The van der Waals surface area contributed by atoms with E-state index >= 15 is 0 Å². The molecule has 12 nitrogen and oxygen atoms in total. The molecule has 3 unspecified atom stereocenters. The smallest absolute Gasteiger partial charge is 0.169 e. The van der Waals surface area contributed by atoms with Crippen LogP contribution in [0.3, 0.4) is 0 Å². The molecule has 40 heavy (non-hydrogen) atoms. The van der Waals surface area contributed by atoms with E-state index in [1.54, 1.807) is 0 Å². The average molecular weight is 677 g/mol. The van der Waals surface area contributed by atoms with Crippen molar-refractivity contribution in [2.75, 3.05) is 80.3 Å². The first-order valence-electron chi connectivity index (χ1n) is 13.4. The summed E-state index contributed by atoms with van der Waals surface area (Å²) in [6.07, 6.45) is 1.89. The van der Waals surface area contributed by atoms with E-state index in [4.69, 9.17) is 36.7 Å². The molecule has 0 aromatic rings. The first kappa shape index (κ1) is 33.4. The fourth-order valence-electron chi connectivity index (χ4n) is 4.97. The summed E-state index contributed by atoms with van der Waals surface area (Å²) in [5.74, 6) is 1.31. The Kier molecular flexibility index (Phi) is 12.4. The predicted molar refractivity (Wildman–Crippen MR) is 170 cm³/mol. The average Bonchev–Trinajstić information content (AvgIpc) is 3.53. The third-order valence-corrected chi connectivity index (χ3v) is 13.7. The van der Waals surface area contributed by atoms with Crippen molar-refractivity contribution in [2.45, 2.75) is 19.3 Å². The number of thiocarbonyl (C=S) groups is 3. The summed E-state index contributed by atoms with van der Waals surface area (Å²) >= 11 is 16.3. The van der Waals surface area contributed by atoms with Gasteiger partial charge in [0.15, 0.2) is 44.8 Å². The lowest BCUT2D eigenvalue weighted by Gasteiger charge is -2.27. The highest BCUT2D eigenvalue weighted by molar-refractivity contribution is 7.92. The Hall–Kier alpha value is -1.08. The van der Waals surface area contributed by atoms with E-state index in [-0.39, 0.29) is 52.3 Å². The second-order valence-electron chi connectivity index (χ2n) is 10.8. The zero-order chi connectivity index (χ0) is 29.4. The fraction of sp³-hybridized carbons (Fsp3) is 0.864. The normalized spacial score (nSPS) is 26.1. The molecule has 0 amide bonds. The molecule has 3 aliphatic rings. The molecule has 0 saturated carbocycles. The molecule has 3 saturated heterocycles. The van der Waals surface area contributed by atoms with Crippen LogP contribution < -0.4 is 26.6 Å². The van der Waals surface area contributed by atoms with E-state index in [2.05, 4.69) is 26.6 Å². The molecule has 0 radical (unpaired) electrons. The Morgan fingerprint density at radius 2 is 0.925 bits per heavy atom. The molecule has 0 bridgehead atoms. The van der Waals surface area contributed by atoms with Crippen molar-refractivity contribution in [2.24, 2.45) is 17.8 Å². The monoisotopic (exact) mass is 676 g/mol. The Balaban J connectivity index is 1.41. The van der Waals surface area contributed by atoms with Crippen LogP contribution in [0.2, 0.25) is 0 Å². The third-order valence-electron chi connectivity index (χ3n) is 7.25. The lowest BCUT2D eigenvalue weighted by atomic mass is 10.1. The number of sulfone groups is 3. The molecule has 0 spiro atoms. The van der Waals surface area contributed by atoms with Crippen molar-refractivity contribution >= 4 is 81.5 Å². The van der Waals surface area contributed by atoms with Crippen LogP contribution in [-0.4, -0.2) is 126 Å². The van der Waals surface area contributed by atoms with Crippen molar-refractivity contribution in [3.63, 3.8) is 0 Å². The van der Waals surface area contributed by atoms with Crippen LogP contribution in [0.4, 0.5) is 0 Å².